The molecule has 13 heavy (non-hydrogen) atoms. The highest BCUT2D eigenvalue weighted by Gasteiger charge is 2.21. The van der Waals surface area contributed by atoms with Gasteiger partial charge in [-0.05, 0) is 12.5 Å². The molecular weight excluding hydrogens is 164 g/mol. The van der Waals surface area contributed by atoms with Crippen LogP contribution in [0.5, 0.6) is 0 Å². The third-order valence-electron chi connectivity index (χ3n) is 2.19. The largest absolute Gasteiger partial charge is 0.349 e. The van der Waals surface area contributed by atoms with E-state index in [1.54, 1.807) is 0 Å². The van der Waals surface area contributed by atoms with Gasteiger partial charge in [-0.25, -0.2) is 0 Å². The number of nitrogens with one attached hydrogen (secondary N) is 1. The van der Waals surface area contributed by atoms with Gasteiger partial charge in [0, 0.05) is 25.7 Å². The third kappa shape index (κ3) is 3.03. The summed E-state index contributed by atoms with van der Waals surface area (Å²) in [5, 5.41) is 2.88. The van der Waals surface area contributed by atoms with Gasteiger partial charge in [-0.3, -0.25) is 9.69 Å². The molecule has 1 amide bonds. The zero-order valence-corrected chi connectivity index (χ0v) is 7.83. The first-order valence-electron chi connectivity index (χ1n) is 4.52. The highest BCUT2D eigenvalue weighted by Crippen LogP contribution is 2.08. The van der Waals surface area contributed by atoms with Gasteiger partial charge in [0.05, 0.1) is 0 Å². The molecule has 1 unspecified atom stereocenters. The quantitative estimate of drug-likeness (QED) is 0.506. The maximum absolute atomic E-state index is 11.0. The Hall–Kier alpha value is -1.09. The van der Waals surface area contributed by atoms with E-state index in [-0.39, 0.29) is 11.9 Å². The van der Waals surface area contributed by atoms with Crippen LogP contribution in [-0.4, -0.2) is 36.5 Å². The van der Waals surface area contributed by atoms with Crippen LogP contribution in [0, 0.1) is 0 Å². The van der Waals surface area contributed by atoms with Gasteiger partial charge >= 0.3 is 0 Å². The number of carbonyl (C=O) groups excluding carboxylic acids is 1. The average Bonchev–Trinajstić information content (AvgIpc) is 2.53. The lowest BCUT2D eigenvalue weighted by Gasteiger charge is -2.13. The molecule has 0 saturated carbocycles. The van der Waals surface area contributed by atoms with Gasteiger partial charge < -0.3 is 5.32 Å². The van der Waals surface area contributed by atoms with E-state index < -0.39 is 0 Å². The zero-order chi connectivity index (χ0) is 9.68. The number of hydrogen-bond acceptors (Lipinski definition) is 2. The molecule has 0 aromatic carbocycles. The molecule has 1 aliphatic rings. The molecule has 0 aromatic heterocycles. The Morgan fingerprint density at radius 3 is 3.00 bits per heavy atom. The minimum atomic E-state index is -0.0783. The molecule has 3 nitrogen and oxygen atoms in total. The van der Waals surface area contributed by atoms with Gasteiger partial charge in [-0.15, -0.1) is 6.58 Å². The summed E-state index contributed by atoms with van der Waals surface area (Å²) in [5.74, 6) is -0.0783. The Labute approximate surface area is 79.1 Å². The van der Waals surface area contributed by atoms with E-state index in [2.05, 4.69) is 23.4 Å². The topological polar surface area (TPSA) is 32.3 Å². The first-order chi connectivity index (χ1) is 6.26. The number of amides is 1. The number of hydrogen-bond donors (Lipinski definition) is 1. The molecule has 3 heteroatoms. The van der Waals surface area contributed by atoms with Crippen molar-refractivity contribution in [2.24, 2.45) is 0 Å². The minimum absolute atomic E-state index is 0.0783. The maximum Gasteiger partial charge on any atom is 0.243 e. The van der Waals surface area contributed by atoms with E-state index in [1.165, 1.54) is 6.08 Å². The fraction of sp³-hybridized carbons (Fsp3) is 0.500. The molecule has 0 radical (unpaired) electrons. The highest BCUT2D eigenvalue weighted by atomic mass is 16.1. The monoisotopic (exact) mass is 180 g/mol. The number of likely N-dealkylation sites (tertiary alicyclic amines) is 1. The Balaban J connectivity index is 2.28. The first-order valence-corrected chi connectivity index (χ1v) is 4.52. The molecular formula is C10H16N2O. The SMILES string of the molecule is C=CCN1CCC(NC(=O)C=C)C1. The van der Waals surface area contributed by atoms with Crippen LogP contribution < -0.4 is 5.32 Å². The molecule has 1 atom stereocenters. The van der Waals surface area contributed by atoms with Crippen LogP contribution in [-0.2, 0) is 4.79 Å². The summed E-state index contributed by atoms with van der Waals surface area (Å²) in [4.78, 5) is 13.2. The minimum Gasteiger partial charge on any atom is -0.349 e. The predicted octanol–water partition coefficient (Wildman–Crippen LogP) is 0.549. The number of carbonyl (C=O) groups is 1. The molecule has 0 aromatic rings. The number of nitrogens with zero attached hydrogens (tertiary/aromatic N) is 1. The summed E-state index contributed by atoms with van der Waals surface area (Å²) in [6.07, 6.45) is 4.22. The Morgan fingerprint density at radius 2 is 2.38 bits per heavy atom. The molecule has 1 saturated heterocycles. The molecule has 0 aliphatic carbocycles. The second-order valence-electron chi connectivity index (χ2n) is 3.25. The van der Waals surface area contributed by atoms with Crippen LogP contribution in [0.15, 0.2) is 25.3 Å². The summed E-state index contributed by atoms with van der Waals surface area (Å²) >= 11 is 0. The van der Waals surface area contributed by atoms with Crippen molar-refractivity contribution in [2.75, 3.05) is 19.6 Å². The van der Waals surface area contributed by atoms with Crippen LogP contribution in [0.4, 0.5) is 0 Å². The van der Waals surface area contributed by atoms with Crippen LogP contribution in [0.3, 0.4) is 0 Å². The molecule has 0 spiro atoms. The molecule has 1 aliphatic heterocycles. The summed E-state index contributed by atoms with van der Waals surface area (Å²) in [6.45, 7) is 9.96. The zero-order valence-electron chi connectivity index (χ0n) is 7.83. The molecule has 1 fully saturated rings. The van der Waals surface area contributed by atoms with Gasteiger partial charge in [0.25, 0.3) is 0 Å². The summed E-state index contributed by atoms with van der Waals surface area (Å²) in [7, 11) is 0. The Bertz CT molecular complexity index is 213. The van der Waals surface area contributed by atoms with E-state index in [0.717, 1.165) is 26.1 Å². The molecule has 1 heterocycles. The van der Waals surface area contributed by atoms with Crippen molar-refractivity contribution in [3.05, 3.63) is 25.3 Å². The van der Waals surface area contributed by atoms with E-state index in [9.17, 15) is 4.79 Å². The summed E-state index contributed by atoms with van der Waals surface area (Å²) in [6, 6.07) is 0.283. The summed E-state index contributed by atoms with van der Waals surface area (Å²) in [5.41, 5.74) is 0. The van der Waals surface area contributed by atoms with E-state index in [0.29, 0.717) is 0 Å². The second kappa shape index (κ2) is 4.82. The van der Waals surface area contributed by atoms with Crippen molar-refractivity contribution >= 4 is 5.91 Å². The van der Waals surface area contributed by atoms with Crippen LogP contribution in [0.2, 0.25) is 0 Å². The normalized spacial score (nSPS) is 22.6. The van der Waals surface area contributed by atoms with E-state index in [4.69, 9.17) is 0 Å². The molecule has 1 rings (SSSR count). The smallest absolute Gasteiger partial charge is 0.243 e. The van der Waals surface area contributed by atoms with Gasteiger partial charge in [-0.1, -0.05) is 12.7 Å². The standard InChI is InChI=1S/C10H16N2O/c1-3-6-12-7-5-9(8-12)11-10(13)4-2/h3-4,9H,1-2,5-8H2,(H,11,13). The summed E-state index contributed by atoms with van der Waals surface area (Å²) < 4.78 is 0. The van der Waals surface area contributed by atoms with Crippen molar-refractivity contribution in [3.8, 4) is 0 Å². The van der Waals surface area contributed by atoms with Crippen LogP contribution in [0.1, 0.15) is 6.42 Å². The maximum atomic E-state index is 11.0. The third-order valence-corrected chi connectivity index (χ3v) is 2.19. The lowest BCUT2D eigenvalue weighted by molar-refractivity contribution is -0.117. The van der Waals surface area contributed by atoms with Gasteiger partial charge in [0.2, 0.25) is 5.91 Å². The lowest BCUT2D eigenvalue weighted by Crippen LogP contribution is -2.35. The highest BCUT2D eigenvalue weighted by molar-refractivity contribution is 5.87. The molecule has 72 valence electrons. The molecule has 0 bridgehead atoms. The first kappa shape index (κ1) is 9.99. The fourth-order valence-electron chi connectivity index (χ4n) is 1.56. The van der Waals surface area contributed by atoms with Crippen molar-refractivity contribution in [2.45, 2.75) is 12.5 Å². The second-order valence-corrected chi connectivity index (χ2v) is 3.25. The van der Waals surface area contributed by atoms with E-state index in [1.807, 2.05) is 6.08 Å². The fourth-order valence-corrected chi connectivity index (χ4v) is 1.56. The van der Waals surface area contributed by atoms with E-state index >= 15 is 0 Å². The van der Waals surface area contributed by atoms with Crippen LogP contribution in [0.25, 0.3) is 0 Å². The van der Waals surface area contributed by atoms with Crippen molar-refractivity contribution in [1.82, 2.24) is 10.2 Å². The Morgan fingerprint density at radius 1 is 1.62 bits per heavy atom. The van der Waals surface area contributed by atoms with Crippen molar-refractivity contribution in [1.29, 1.82) is 0 Å². The van der Waals surface area contributed by atoms with Crippen molar-refractivity contribution < 1.29 is 4.79 Å². The average molecular weight is 180 g/mol. The Kier molecular flexibility index (Phi) is 3.71. The lowest BCUT2D eigenvalue weighted by atomic mass is 10.2. The van der Waals surface area contributed by atoms with Crippen LogP contribution >= 0.6 is 0 Å². The molecule has 1 N–H and O–H groups in total. The van der Waals surface area contributed by atoms with Gasteiger partial charge in [-0.2, -0.15) is 0 Å². The van der Waals surface area contributed by atoms with Crippen molar-refractivity contribution in [3.63, 3.8) is 0 Å². The number of rotatable bonds is 4. The predicted molar refractivity (Wildman–Crippen MR) is 53.4 cm³/mol. The van der Waals surface area contributed by atoms with Gasteiger partial charge in [0.15, 0.2) is 0 Å². The van der Waals surface area contributed by atoms with Gasteiger partial charge in [0.1, 0.15) is 0 Å².